The van der Waals surface area contributed by atoms with Crippen LogP contribution < -0.4 is 10.1 Å². The van der Waals surface area contributed by atoms with E-state index in [1.165, 1.54) is 12.1 Å². The van der Waals surface area contributed by atoms with Gasteiger partial charge in [0.25, 0.3) is 0 Å². The molecule has 1 N–H and O–H groups in total. The average Bonchev–Trinajstić information content (AvgIpc) is 2.43. The molecule has 20 heavy (non-hydrogen) atoms. The molecule has 0 spiro atoms. The molecule has 0 saturated carbocycles. The largest absolute Gasteiger partial charge is 0.487 e. The zero-order chi connectivity index (χ0) is 15.2. The van der Waals surface area contributed by atoms with Gasteiger partial charge < -0.3 is 10.1 Å². The van der Waals surface area contributed by atoms with Crippen molar-refractivity contribution < 1.29 is 22.3 Å². The maximum atomic E-state index is 12.7. The minimum Gasteiger partial charge on any atom is -0.487 e. The van der Waals surface area contributed by atoms with Gasteiger partial charge in [-0.3, -0.25) is 0 Å². The summed E-state index contributed by atoms with van der Waals surface area (Å²) in [7, 11) is 0. The normalized spacial score (nSPS) is 13.6. The van der Waals surface area contributed by atoms with Crippen molar-refractivity contribution in [3.05, 3.63) is 29.8 Å². The molecule has 1 aromatic carbocycles. The summed E-state index contributed by atoms with van der Waals surface area (Å²) in [4.78, 5) is 0. The lowest BCUT2D eigenvalue weighted by molar-refractivity contribution is -0.148. The van der Waals surface area contributed by atoms with Crippen molar-refractivity contribution in [1.29, 1.82) is 0 Å². The molecule has 0 aliphatic rings. The highest BCUT2D eigenvalue weighted by Gasteiger charge is 2.41. The third kappa shape index (κ3) is 5.00. The first-order valence-electron chi connectivity index (χ1n) is 6.49. The van der Waals surface area contributed by atoms with Crippen LogP contribution in [-0.4, -0.2) is 25.5 Å². The van der Waals surface area contributed by atoms with E-state index in [2.05, 4.69) is 12.2 Å². The Morgan fingerprint density at radius 2 is 1.80 bits per heavy atom. The summed E-state index contributed by atoms with van der Waals surface area (Å²) >= 11 is 0. The molecule has 1 rings (SSSR count). The molecule has 2 nitrogen and oxygen atoms in total. The summed E-state index contributed by atoms with van der Waals surface area (Å²) in [6.45, 7) is 3.59. The lowest BCUT2D eigenvalue weighted by atomic mass is 10.1. The van der Waals surface area contributed by atoms with E-state index in [4.69, 9.17) is 4.74 Å². The van der Waals surface area contributed by atoms with Gasteiger partial charge in [-0.1, -0.05) is 19.1 Å². The summed E-state index contributed by atoms with van der Waals surface area (Å²) in [5, 5.41) is 3.28. The summed E-state index contributed by atoms with van der Waals surface area (Å²) in [6, 6.07) is 6.58. The molecule has 114 valence electrons. The molecule has 0 aromatic heterocycles. The summed E-state index contributed by atoms with van der Waals surface area (Å²) in [5.41, 5.74) is 0.978. The first-order valence-corrected chi connectivity index (χ1v) is 6.49. The second-order valence-corrected chi connectivity index (χ2v) is 4.60. The van der Waals surface area contributed by atoms with Gasteiger partial charge in [0.2, 0.25) is 0 Å². The second kappa shape index (κ2) is 7.47. The number of alkyl halides is 4. The second-order valence-electron chi connectivity index (χ2n) is 4.60. The van der Waals surface area contributed by atoms with Crippen LogP contribution in [-0.2, 0) is 0 Å². The lowest BCUT2D eigenvalue weighted by Gasteiger charge is -2.17. The van der Waals surface area contributed by atoms with E-state index in [9.17, 15) is 17.6 Å². The maximum absolute atomic E-state index is 12.7. The van der Waals surface area contributed by atoms with E-state index in [0.717, 1.165) is 18.5 Å². The van der Waals surface area contributed by atoms with Gasteiger partial charge in [0, 0.05) is 6.04 Å². The van der Waals surface area contributed by atoms with Gasteiger partial charge in [0.15, 0.2) is 6.61 Å². The molecule has 0 aliphatic carbocycles. The van der Waals surface area contributed by atoms with E-state index in [1.54, 1.807) is 12.1 Å². The maximum Gasteiger partial charge on any atom is 0.340 e. The SMILES string of the molecule is CCCNC(C)c1ccc(OCC(F)(F)C(F)F)cc1. The molecule has 1 atom stereocenters. The van der Waals surface area contributed by atoms with Crippen molar-refractivity contribution in [3.8, 4) is 5.75 Å². The van der Waals surface area contributed by atoms with Crippen molar-refractivity contribution in [1.82, 2.24) is 5.32 Å². The highest BCUT2D eigenvalue weighted by molar-refractivity contribution is 5.29. The smallest absolute Gasteiger partial charge is 0.340 e. The number of hydrogen-bond donors (Lipinski definition) is 1. The number of rotatable bonds is 8. The fourth-order valence-electron chi connectivity index (χ4n) is 1.57. The lowest BCUT2D eigenvalue weighted by Crippen LogP contribution is -2.33. The van der Waals surface area contributed by atoms with E-state index < -0.39 is 19.0 Å². The van der Waals surface area contributed by atoms with E-state index >= 15 is 0 Å². The molecule has 0 bridgehead atoms. The molecule has 1 aromatic rings. The molecule has 0 aliphatic heterocycles. The number of hydrogen-bond acceptors (Lipinski definition) is 2. The molecule has 6 heteroatoms. The van der Waals surface area contributed by atoms with Gasteiger partial charge >= 0.3 is 12.3 Å². The van der Waals surface area contributed by atoms with Gasteiger partial charge in [-0.25, -0.2) is 8.78 Å². The monoisotopic (exact) mass is 293 g/mol. The Bertz CT molecular complexity index is 395. The standard InChI is InChI=1S/C14H19F4NO/c1-3-8-19-10(2)11-4-6-12(7-5-11)20-9-14(17,18)13(15)16/h4-7,10,13,19H,3,8-9H2,1-2H3. The Morgan fingerprint density at radius 1 is 1.20 bits per heavy atom. The van der Waals surface area contributed by atoms with Crippen molar-refractivity contribution in [2.24, 2.45) is 0 Å². The van der Waals surface area contributed by atoms with Crippen molar-refractivity contribution in [2.75, 3.05) is 13.2 Å². The number of benzene rings is 1. The van der Waals surface area contributed by atoms with Gasteiger partial charge in [0.1, 0.15) is 5.75 Å². The first-order chi connectivity index (χ1) is 9.36. The van der Waals surface area contributed by atoms with Crippen LogP contribution in [0.2, 0.25) is 0 Å². The van der Waals surface area contributed by atoms with Crippen LogP contribution in [0.15, 0.2) is 24.3 Å². The molecule has 0 fully saturated rings. The highest BCUT2D eigenvalue weighted by Crippen LogP contribution is 2.25. The fourth-order valence-corrected chi connectivity index (χ4v) is 1.57. The van der Waals surface area contributed by atoms with Crippen LogP contribution in [0.3, 0.4) is 0 Å². The third-order valence-electron chi connectivity index (χ3n) is 2.83. The minimum absolute atomic E-state index is 0.131. The molecule has 0 heterocycles. The molecular formula is C14H19F4NO. The molecule has 1 unspecified atom stereocenters. The molecule has 0 amide bonds. The van der Waals surface area contributed by atoms with Gasteiger partial charge in [-0.2, -0.15) is 8.78 Å². The van der Waals surface area contributed by atoms with Crippen molar-refractivity contribution >= 4 is 0 Å². The summed E-state index contributed by atoms with van der Waals surface area (Å²) in [6.07, 6.45) is -2.71. The quantitative estimate of drug-likeness (QED) is 0.731. The topological polar surface area (TPSA) is 21.3 Å². The van der Waals surface area contributed by atoms with Gasteiger partial charge in [0.05, 0.1) is 0 Å². The number of nitrogens with one attached hydrogen (secondary N) is 1. The predicted octanol–water partition coefficient (Wildman–Crippen LogP) is 4.03. The molecule has 0 radical (unpaired) electrons. The van der Waals surface area contributed by atoms with Gasteiger partial charge in [-0.15, -0.1) is 0 Å². The van der Waals surface area contributed by atoms with Crippen LogP contribution >= 0.6 is 0 Å². The first kappa shape index (κ1) is 16.8. The van der Waals surface area contributed by atoms with Gasteiger partial charge in [-0.05, 0) is 37.6 Å². The van der Waals surface area contributed by atoms with Crippen LogP contribution in [0.1, 0.15) is 31.9 Å². The number of ether oxygens (including phenoxy) is 1. The summed E-state index contributed by atoms with van der Waals surface area (Å²) < 4.78 is 54.0. The zero-order valence-corrected chi connectivity index (χ0v) is 11.5. The number of halogens is 4. The fraction of sp³-hybridized carbons (Fsp3) is 0.571. The minimum atomic E-state index is -4.13. The summed E-state index contributed by atoms with van der Waals surface area (Å²) in [5.74, 6) is -3.98. The predicted molar refractivity (Wildman–Crippen MR) is 69.6 cm³/mol. The highest BCUT2D eigenvalue weighted by atomic mass is 19.3. The molecular weight excluding hydrogens is 274 g/mol. The third-order valence-corrected chi connectivity index (χ3v) is 2.83. The van der Waals surface area contributed by atoms with Crippen molar-refractivity contribution in [3.63, 3.8) is 0 Å². The Hall–Kier alpha value is -1.30. The van der Waals surface area contributed by atoms with Crippen LogP contribution in [0.5, 0.6) is 5.75 Å². The van der Waals surface area contributed by atoms with Crippen LogP contribution in [0, 0.1) is 0 Å². The van der Waals surface area contributed by atoms with E-state index in [0.29, 0.717) is 0 Å². The molecule has 0 saturated heterocycles. The van der Waals surface area contributed by atoms with Crippen LogP contribution in [0.4, 0.5) is 17.6 Å². The Balaban J connectivity index is 2.54. The van der Waals surface area contributed by atoms with Crippen molar-refractivity contribution in [2.45, 2.75) is 38.7 Å². The Kier molecular flexibility index (Phi) is 6.26. The average molecular weight is 293 g/mol. The van der Waals surface area contributed by atoms with E-state index in [-0.39, 0.29) is 11.8 Å². The Morgan fingerprint density at radius 3 is 2.30 bits per heavy atom. The Labute approximate surface area is 116 Å². The van der Waals surface area contributed by atoms with E-state index in [1.807, 2.05) is 6.92 Å². The zero-order valence-electron chi connectivity index (χ0n) is 11.5. The van der Waals surface area contributed by atoms with Crippen LogP contribution in [0.25, 0.3) is 0 Å².